The van der Waals surface area contributed by atoms with Crippen LogP contribution >= 0.6 is 0 Å². The molecule has 0 radical (unpaired) electrons. The standard InChI is InChI=1S/C22H24N4O7S/c1-33-20(28)13-18-21(29)26(22(30)23-18)14-19(27)24-8-10-25(11-9-24)34(31,32)17-7-6-15-4-2-3-5-16(15)12-17/h2-7,12,18H,8-11,13-14H2,1H3,(H,23,30). The Morgan fingerprint density at radius 2 is 1.71 bits per heavy atom. The summed E-state index contributed by atoms with van der Waals surface area (Å²) in [6.07, 6.45) is -0.322. The van der Waals surface area contributed by atoms with Gasteiger partial charge >= 0.3 is 12.0 Å². The number of amides is 4. The summed E-state index contributed by atoms with van der Waals surface area (Å²) in [4.78, 5) is 51.0. The molecule has 1 atom stereocenters. The average molecular weight is 489 g/mol. The van der Waals surface area contributed by atoms with E-state index in [4.69, 9.17) is 0 Å². The Bertz CT molecular complexity index is 1250. The molecule has 2 aliphatic heterocycles. The van der Waals surface area contributed by atoms with Crippen LogP contribution in [0, 0.1) is 0 Å². The summed E-state index contributed by atoms with van der Waals surface area (Å²) in [7, 11) is -2.57. The first-order valence-corrected chi connectivity index (χ1v) is 12.1. The lowest BCUT2D eigenvalue weighted by Crippen LogP contribution is -2.53. The van der Waals surface area contributed by atoms with Crippen LogP contribution < -0.4 is 5.32 Å². The highest BCUT2D eigenvalue weighted by Gasteiger charge is 2.41. The minimum atomic E-state index is -3.74. The topological polar surface area (TPSA) is 133 Å². The number of methoxy groups -OCH3 is 1. The van der Waals surface area contributed by atoms with Crippen molar-refractivity contribution in [2.45, 2.75) is 17.4 Å². The number of fused-ring (bicyclic) bond motifs is 1. The van der Waals surface area contributed by atoms with Gasteiger partial charge in [0.2, 0.25) is 15.9 Å². The second-order valence-electron chi connectivity index (χ2n) is 8.00. The molecule has 2 aromatic rings. The average Bonchev–Trinajstić information content (AvgIpc) is 3.10. The zero-order valence-electron chi connectivity index (χ0n) is 18.5. The molecule has 2 heterocycles. The van der Waals surface area contributed by atoms with E-state index in [-0.39, 0.29) is 37.5 Å². The van der Waals surface area contributed by atoms with Crippen LogP contribution in [0.25, 0.3) is 10.8 Å². The molecule has 0 spiro atoms. The van der Waals surface area contributed by atoms with Crippen molar-refractivity contribution in [3.8, 4) is 0 Å². The number of carbonyl (C=O) groups excluding carboxylic acids is 4. The predicted molar refractivity (Wildman–Crippen MR) is 120 cm³/mol. The van der Waals surface area contributed by atoms with E-state index in [0.717, 1.165) is 15.7 Å². The van der Waals surface area contributed by atoms with Gasteiger partial charge < -0.3 is 15.0 Å². The summed E-state index contributed by atoms with van der Waals surface area (Å²) in [5.41, 5.74) is 0. The molecule has 2 aromatic carbocycles. The van der Waals surface area contributed by atoms with E-state index in [1.165, 1.54) is 16.3 Å². The van der Waals surface area contributed by atoms with Crippen LogP contribution in [0.1, 0.15) is 6.42 Å². The van der Waals surface area contributed by atoms with Gasteiger partial charge in [-0.05, 0) is 22.9 Å². The van der Waals surface area contributed by atoms with Crippen LogP contribution in [0.15, 0.2) is 47.4 Å². The minimum Gasteiger partial charge on any atom is -0.469 e. The van der Waals surface area contributed by atoms with Crippen LogP contribution in [0.2, 0.25) is 0 Å². The molecule has 180 valence electrons. The van der Waals surface area contributed by atoms with Crippen LogP contribution in [-0.2, 0) is 29.1 Å². The van der Waals surface area contributed by atoms with Crippen molar-refractivity contribution in [2.24, 2.45) is 0 Å². The summed E-state index contributed by atoms with van der Waals surface area (Å²) >= 11 is 0. The molecular formula is C22H24N4O7S. The number of ether oxygens (including phenoxy) is 1. The van der Waals surface area contributed by atoms with E-state index in [1.807, 2.05) is 24.3 Å². The van der Waals surface area contributed by atoms with Crippen LogP contribution in [-0.4, -0.2) is 92.2 Å². The SMILES string of the molecule is COC(=O)CC1NC(=O)N(CC(=O)N2CCN(S(=O)(=O)c3ccc4ccccc4c3)CC2)C1=O. The zero-order chi connectivity index (χ0) is 24.5. The third-order valence-electron chi connectivity index (χ3n) is 5.95. The Labute approximate surface area is 196 Å². The van der Waals surface area contributed by atoms with Crippen LogP contribution in [0.4, 0.5) is 4.79 Å². The van der Waals surface area contributed by atoms with Crippen LogP contribution in [0.3, 0.4) is 0 Å². The normalized spacial score (nSPS) is 19.4. The first kappa shape index (κ1) is 23.6. The van der Waals surface area contributed by atoms with Gasteiger partial charge in [-0.1, -0.05) is 30.3 Å². The monoisotopic (exact) mass is 488 g/mol. The molecule has 0 aromatic heterocycles. The number of hydrogen-bond donors (Lipinski definition) is 1. The number of rotatable bonds is 6. The lowest BCUT2D eigenvalue weighted by Gasteiger charge is -2.34. The second kappa shape index (κ2) is 9.39. The molecule has 0 saturated carbocycles. The fraction of sp³-hybridized carbons (Fsp3) is 0.364. The molecule has 34 heavy (non-hydrogen) atoms. The van der Waals surface area contributed by atoms with Crippen molar-refractivity contribution in [3.63, 3.8) is 0 Å². The Morgan fingerprint density at radius 1 is 1.03 bits per heavy atom. The van der Waals surface area contributed by atoms with Gasteiger partial charge in [-0.15, -0.1) is 0 Å². The summed E-state index contributed by atoms with van der Waals surface area (Å²) < 4.78 is 32.0. The van der Waals surface area contributed by atoms with E-state index in [9.17, 15) is 27.6 Å². The number of nitrogens with one attached hydrogen (secondary N) is 1. The molecule has 1 unspecified atom stereocenters. The molecule has 0 aliphatic carbocycles. The van der Waals surface area contributed by atoms with E-state index < -0.39 is 46.4 Å². The van der Waals surface area contributed by atoms with Gasteiger partial charge in [-0.3, -0.25) is 19.3 Å². The smallest absolute Gasteiger partial charge is 0.325 e. The second-order valence-corrected chi connectivity index (χ2v) is 9.94. The fourth-order valence-corrected chi connectivity index (χ4v) is 5.46. The highest BCUT2D eigenvalue weighted by molar-refractivity contribution is 7.89. The summed E-state index contributed by atoms with van der Waals surface area (Å²) in [5, 5.41) is 4.12. The van der Waals surface area contributed by atoms with Gasteiger partial charge in [0.1, 0.15) is 12.6 Å². The molecule has 12 heteroatoms. The van der Waals surface area contributed by atoms with Crippen molar-refractivity contribution in [3.05, 3.63) is 42.5 Å². The zero-order valence-corrected chi connectivity index (χ0v) is 19.3. The lowest BCUT2D eigenvalue weighted by molar-refractivity contribution is -0.143. The van der Waals surface area contributed by atoms with E-state index >= 15 is 0 Å². The van der Waals surface area contributed by atoms with Gasteiger partial charge in [0.25, 0.3) is 5.91 Å². The Balaban J connectivity index is 1.36. The van der Waals surface area contributed by atoms with Crippen molar-refractivity contribution in [2.75, 3.05) is 39.8 Å². The summed E-state index contributed by atoms with van der Waals surface area (Å²) in [6.45, 7) is -0.0560. The first-order chi connectivity index (χ1) is 16.2. The molecule has 11 nitrogen and oxygen atoms in total. The molecule has 1 N–H and O–H groups in total. The number of sulfonamides is 1. The number of piperazine rings is 1. The highest BCUT2D eigenvalue weighted by atomic mass is 32.2. The van der Waals surface area contributed by atoms with Gasteiger partial charge in [0, 0.05) is 26.2 Å². The summed E-state index contributed by atoms with van der Waals surface area (Å²) in [6, 6.07) is 10.6. The maximum atomic E-state index is 13.1. The number of carbonyl (C=O) groups is 4. The molecule has 2 aliphatic rings. The van der Waals surface area contributed by atoms with Gasteiger partial charge in [-0.25, -0.2) is 13.2 Å². The Morgan fingerprint density at radius 3 is 2.38 bits per heavy atom. The number of esters is 1. The predicted octanol–water partition coefficient (Wildman–Crippen LogP) is 0.156. The van der Waals surface area contributed by atoms with E-state index in [0.29, 0.717) is 0 Å². The molecule has 2 fully saturated rings. The number of imide groups is 1. The van der Waals surface area contributed by atoms with Gasteiger partial charge in [-0.2, -0.15) is 4.31 Å². The Hall–Kier alpha value is -3.51. The van der Waals surface area contributed by atoms with Gasteiger partial charge in [0.05, 0.1) is 18.4 Å². The van der Waals surface area contributed by atoms with E-state index in [1.54, 1.807) is 18.2 Å². The number of benzene rings is 2. The third kappa shape index (κ3) is 4.59. The van der Waals surface area contributed by atoms with Gasteiger partial charge in [0.15, 0.2) is 0 Å². The molecular weight excluding hydrogens is 464 g/mol. The molecule has 0 bridgehead atoms. The quantitative estimate of drug-likeness (QED) is 0.452. The number of nitrogens with zero attached hydrogens (tertiary/aromatic N) is 3. The number of urea groups is 1. The van der Waals surface area contributed by atoms with Crippen molar-refractivity contribution in [1.29, 1.82) is 0 Å². The molecule has 4 rings (SSSR count). The number of hydrogen-bond acceptors (Lipinski definition) is 7. The van der Waals surface area contributed by atoms with Crippen molar-refractivity contribution < 1.29 is 32.3 Å². The maximum Gasteiger partial charge on any atom is 0.325 e. The minimum absolute atomic E-state index is 0.0893. The fourth-order valence-electron chi connectivity index (χ4n) is 4.01. The third-order valence-corrected chi connectivity index (χ3v) is 7.84. The van der Waals surface area contributed by atoms with Crippen molar-refractivity contribution in [1.82, 2.24) is 19.4 Å². The van der Waals surface area contributed by atoms with Crippen LogP contribution in [0.5, 0.6) is 0 Å². The Kier molecular flexibility index (Phi) is 6.53. The largest absolute Gasteiger partial charge is 0.469 e. The van der Waals surface area contributed by atoms with E-state index in [2.05, 4.69) is 10.1 Å². The summed E-state index contributed by atoms with van der Waals surface area (Å²) in [5.74, 6) is -1.82. The molecule has 2 saturated heterocycles. The molecule has 4 amide bonds. The van der Waals surface area contributed by atoms with Crippen molar-refractivity contribution >= 4 is 44.6 Å². The lowest BCUT2D eigenvalue weighted by atomic mass is 10.1. The first-order valence-electron chi connectivity index (χ1n) is 10.7. The maximum absolute atomic E-state index is 13.1. The highest BCUT2D eigenvalue weighted by Crippen LogP contribution is 2.23.